The fourth-order valence-corrected chi connectivity index (χ4v) is 4.27. The molecule has 3 heterocycles. The lowest BCUT2D eigenvalue weighted by atomic mass is 9.98. The van der Waals surface area contributed by atoms with Crippen molar-refractivity contribution in [3.63, 3.8) is 0 Å². The van der Waals surface area contributed by atoms with Crippen LogP contribution in [0, 0.1) is 6.92 Å². The number of fused-ring (bicyclic) bond motifs is 1. The molecule has 6 nitrogen and oxygen atoms in total. The van der Waals surface area contributed by atoms with E-state index in [2.05, 4.69) is 27.0 Å². The standard InChI is InChI=1S/C24H24N4O2/c1-15-21(16(2)29)22(17-6-4-3-5-7-17)23(25-15)24-26-19-9-8-18(14-20(19)27-24)28-10-12-30-13-11-28/h3-9,14,25H,10-13H2,1-2H3,(H,26,27). The molecule has 152 valence electrons. The number of aromatic nitrogens is 3. The summed E-state index contributed by atoms with van der Waals surface area (Å²) in [5.41, 5.74) is 7.34. The largest absolute Gasteiger partial charge is 0.378 e. The van der Waals surface area contributed by atoms with Crippen LogP contribution in [0.15, 0.2) is 48.5 Å². The van der Waals surface area contributed by atoms with Crippen molar-refractivity contribution in [1.82, 2.24) is 15.0 Å². The molecule has 2 N–H and O–H groups in total. The van der Waals surface area contributed by atoms with Crippen LogP contribution in [0.5, 0.6) is 0 Å². The lowest BCUT2D eigenvalue weighted by molar-refractivity contribution is 0.101. The van der Waals surface area contributed by atoms with Gasteiger partial charge in [-0.3, -0.25) is 4.79 Å². The first-order valence-electron chi connectivity index (χ1n) is 10.2. The molecule has 0 unspecified atom stereocenters. The summed E-state index contributed by atoms with van der Waals surface area (Å²) in [6.45, 7) is 6.83. The Morgan fingerprint density at radius 3 is 2.57 bits per heavy atom. The molecular formula is C24H24N4O2. The van der Waals surface area contributed by atoms with Crippen molar-refractivity contribution in [2.24, 2.45) is 0 Å². The van der Waals surface area contributed by atoms with Gasteiger partial charge in [0.25, 0.3) is 0 Å². The van der Waals surface area contributed by atoms with Gasteiger partial charge in [-0.1, -0.05) is 30.3 Å². The Kier molecular flexibility index (Phi) is 4.64. The average Bonchev–Trinajstić information content (AvgIpc) is 3.35. The number of rotatable bonds is 4. The number of H-pyrrole nitrogens is 2. The number of nitrogens with one attached hydrogen (secondary N) is 2. The molecule has 0 bridgehead atoms. The fourth-order valence-electron chi connectivity index (χ4n) is 4.27. The molecule has 0 aliphatic carbocycles. The minimum atomic E-state index is 0.0413. The summed E-state index contributed by atoms with van der Waals surface area (Å²) in [4.78, 5) is 26.5. The van der Waals surface area contributed by atoms with Crippen molar-refractivity contribution in [1.29, 1.82) is 0 Å². The highest BCUT2D eigenvalue weighted by Crippen LogP contribution is 2.36. The molecule has 2 aromatic carbocycles. The second kappa shape index (κ2) is 7.46. The van der Waals surface area contributed by atoms with Crippen LogP contribution in [-0.2, 0) is 4.74 Å². The molecule has 30 heavy (non-hydrogen) atoms. The Morgan fingerprint density at radius 1 is 1.07 bits per heavy atom. The number of nitrogens with zero attached hydrogens (tertiary/aromatic N) is 2. The maximum Gasteiger partial charge on any atom is 0.162 e. The minimum absolute atomic E-state index is 0.0413. The van der Waals surface area contributed by atoms with E-state index in [1.165, 1.54) is 0 Å². The number of anilines is 1. The zero-order valence-electron chi connectivity index (χ0n) is 17.2. The molecule has 0 saturated carbocycles. The van der Waals surface area contributed by atoms with Crippen molar-refractivity contribution in [2.45, 2.75) is 13.8 Å². The van der Waals surface area contributed by atoms with Gasteiger partial charge in [-0.15, -0.1) is 0 Å². The summed E-state index contributed by atoms with van der Waals surface area (Å²) in [5.74, 6) is 0.776. The van der Waals surface area contributed by atoms with Gasteiger partial charge in [0.15, 0.2) is 11.6 Å². The van der Waals surface area contributed by atoms with Gasteiger partial charge in [0, 0.05) is 35.6 Å². The third kappa shape index (κ3) is 3.19. The summed E-state index contributed by atoms with van der Waals surface area (Å²) in [6.07, 6.45) is 0. The molecular weight excluding hydrogens is 376 g/mol. The van der Waals surface area contributed by atoms with E-state index in [1.807, 2.05) is 43.3 Å². The Morgan fingerprint density at radius 2 is 1.83 bits per heavy atom. The van der Waals surface area contributed by atoms with Crippen molar-refractivity contribution in [3.05, 3.63) is 59.8 Å². The number of carbonyl (C=O) groups excluding carboxylic acids is 1. The van der Waals surface area contributed by atoms with Gasteiger partial charge in [0.2, 0.25) is 0 Å². The maximum atomic E-state index is 12.4. The molecule has 1 saturated heterocycles. The summed E-state index contributed by atoms with van der Waals surface area (Å²) in [7, 11) is 0. The first-order chi connectivity index (χ1) is 14.6. The molecule has 0 atom stereocenters. The van der Waals surface area contributed by atoms with Crippen molar-refractivity contribution in [2.75, 3.05) is 31.2 Å². The van der Waals surface area contributed by atoms with Crippen molar-refractivity contribution >= 4 is 22.5 Å². The number of hydrogen-bond donors (Lipinski definition) is 2. The number of morpholine rings is 1. The SMILES string of the molecule is CC(=O)c1c(C)[nH]c(-c2nc3ccc(N4CCOCC4)cc3[nH]2)c1-c1ccccc1. The lowest BCUT2D eigenvalue weighted by Crippen LogP contribution is -2.36. The molecule has 2 aromatic heterocycles. The zero-order chi connectivity index (χ0) is 20.7. The highest BCUT2D eigenvalue weighted by molar-refractivity contribution is 6.05. The second-order valence-corrected chi connectivity index (χ2v) is 7.68. The number of aryl methyl sites for hydroxylation is 1. The van der Waals surface area contributed by atoms with Gasteiger partial charge in [-0.05, 0) is 37.6 Å². The number of carbonyl (C=O) groups is 1. The second-order valence-electron chi connectivity index (χ2n) is 7.68. The van der Waals surface area contributed by atoms with Crippen molar-refractivity contribution < 1.29 is 9.53 Å². The van der Waals surface area contributed by atoms with Gasteiger partial charge in [0.1, 0.15) is 0 Å². The number of imidazole rings is 1. The van der Waals surface area contributed by atoms with Gasteiger partial charge in [0.05, 0.1) is 29.9 Å². The smallest absolute Gasteiger partial charge is 0.162 e. The van der Waals surface area contributed by atoms with Crippen LogP contribution in [0.1, 0.15) is 23.0 Å². The van der Waals surface area contributed by atoms with E-state index < -0.39 is 0 Å². The molecule has 6 heteroatoms. The lowest BCUT2D eigenvalue weighted by Gasteiger charge is -2.28. The monoisotopic (exact) mass is 400 g/mol. The van der Waals surface area contributed by atoms with Gasteiger partial charge in [-0.2, -0.15) is 0 Å². The number of ketones is 1. The topological polar surface area (TPSA) is 74.0 Å². The molecule has 1 aliphatic heterocycles. The zero-order valence-corrected chi connectivity index (χ0v) is 17.2. The predicted octanol–water partition coefficient (Wildman–Crippen LogP) is 4.57. The number of benzene rings is 2. The number of ether oxygens (including phenoxy) is 1. The quantitative estimate of drug-likeness (QED) is 0.492. The Labute approximate surface area is 174 Å². The third-order valence-corrected chi connectivity index (χ3v) is 5.68. The van der Waals surface area contributed by atoms with E-state index in [-0.39, 0.29) is 5.78 Å². The van der Waals surface area contributed by atoms with Crippen LogP contribution < -0.4 is 4.90 Å². The first kappa shape index (κ1) is 18.6. The van der Waals surface area contributed by atoms with E-state index in [0.717, 1.165) is 71.4 Å². The predicted molar refractivity (Wildman–Crippen MR) is 119 cm³/mol. The number of aromatic amines is 2. The summed E-state index contributed by atoms with van der Waals surface area (Å²) in [5, 5.41) is 0. The van der Waals surface area contributed by atoms with E-state index >= 15 is 0 Å². The van der Waals surface area contributed by atoms with E-state index in [1.54, 1.807) is 6.92 Å². The highest BCUT2D eigenvalue weighted by atomic mass is 16.5. The van der Waals surface area contributed by atoms with Crippen LogP contribution in [-0.4, -0.2) is 47.0 Å². The minimum Gasteiger partial charge on any atom is -0.378 e. The summed E-state index contributed by atoms with van der Waals surface area (Å²) >= 11 is 0. The van der Waals surface area contributed by atoms with Crippen LogP contribution in [0.4, 0.5) is 5.69 Å². The van der Waals surface area contributed by atoms with Crippen LogP contribution in [0.25, 0.3) is 33.7 Å². The first-order valence-corrected chi connectivity index (χ1v) is 10.2. The number of Topliss-reactive ketones (excluding diaryl/α,β-unsaturated/α-hetero) is 1. The Hall–Kier alpha value is -3.38. The van der Waals surface area contributed by atoms with Gasteiger partial charge < -0.3 is 19.6 Å². The molecule has 0 radical (unpaired) electrons. The summed E-state index contributed by atoms with van der Waals surface area (Å²) in [6, 6.07) is 16.3. The molecule has 0 amide bonds. The molecule has 0 spiro atoms. The fraction of sp³-hybridized carbons (Fsp3) is 0.250. The average molecular weight is 400 g/mol. The van der Waals surface area contributed by atoms with E-state index in [0.29, 0.717) is 5.56 Å². The van der Waals surface area contributed by atoms with Gasteiger partial charge >= 0.3 is 0 Å². The highest BCUT2D eigenvalue weighted by Gasteiger charge is 2.23. The van der Waals surface area contributed by atoms with Crippen LogP contribution >= 0.6 is 0 Å². The molecule has 1 fully saturated rings. The number of hydrogen-bond acceptors (Lipinski definition) is 4. The maximum absolute atomic E-state index is 12.4. The Bertz CT molecular complexity index is 1220. The third-order valence-electron chi connectivity index (χ3n) is 5.68. The van der Waals surface area contributed by atoms with E-state index in [4.69, 9.17) is 9.72 Å². The van der Waals surface area contributed by atoms with Crippen LogP contribution in [0.2, 0.25) is 0 Å². The summed E-state index contributed by atoms with van der Waals surface area (Å²) < 4.78 is 5.47. The molecule has 5 rings (SSSR count). The van der Waals surface area contributed by atoms with Crippen molar-refractivity contribution in [3.8, 4) is 22.6 Å². The van der Waals surface area contributed by atoms with E-state index in [9.17, 15) is 4.79 Å². The van der Waals surface area contributed by atoms with Crippen LogP contribution in [0.3, 0.4) is 0 Å². The Balaban J connectivity index is 1.63. The molecule has 1 aliphatic rings. The normalized spacial score (nSPS) is 14.4. The molecule has 4 aromatic rings. The van der Waals surface area contributed by atoms with Gasteiger partial charge in [-0.25, -0.2) is 4.98 Å².